The highest BCUT2D eigenvalue weighted by atomic mass is 79.9. The van der Waals surface area contributed by atoms with Crippen LogP contribution in [0.1, 0.15) is 70.3 Å². The second-order valence-corrected chi connectivity index (χ2v) is 6.10. The average Bonchev–Trinajstić information content (AvgIpc) is 2.46. The highest BCUT2D eigenvalue weighted by Crippen LogP contribution is 2.20. The normalized spacial score (nSPS) is 10.2. The second kappa shape index (κ2) is 13.2. The van der Waals surface area contributed by atoms with E-state index in [1.54, 1.807) is 0 Å². The monoisotopic (exact) mass is 355 g/mol. The summed E-state index contributed by atoms with van der Waals surface area (Å²) in [6.45, 7) is 2.28. The first-order valence-corrected chi connectivity index (χ1v) is 8.51. The zero-order chi connectivity index (χ0) is 14.6. The van der Waals surface area contributed by atoms with E-state index in [1.165, 1.54) is 75.5 Å². The molecule has 2 heteroatoms. The number of rotatable bonds is 11. The number of benzene rings is 1. The molecule has 0 unspecified atom stereocenters. The molecule has 0 bridgehead atoms. The molecule has 0 N–H and O–H groups in total. The van der Waals surface area contributed by atoms with Crippen LogP contribution in [0.25, 0.3) is 0 Å². The Morgan fingerprint density at radius 3 is 1.86 bits per heavy atom. The van der Waals surface area contributed by atoms with Crippen LogP contribution in [0.5, 0.6) is 0 Å². The highest BCUT2D eigenvalue weighted by Gasteiger charge is 2.02. The number of nitrogens with zero attached hydrogens (tertiary/aromatic N) is 1. The maximum Gasteiger partial charge on any atom is 0.0393 e. The quantitative estimate of drug-likeness (QED) is 0.414. The molecule has 0 aliphatic rings. The van der Waals surface area contributed by atoms with Gasteiger partial charge in [0.1, 0.15) is 0 Å². The van der Waals surface area contributed by atoms with E-state index in [0.717, 1.165) is 0 Å². The van der Waals surface area contributed by atoms with Gasteiger partial charge in [-0.2, -0.15) is 0 Å². The van der Waals surface area contributed by atoms with Gasteiger partial charge in [-0.1, -0.05) is 76.5 Å². The minimum absolute atomic E-state index is 0. The van der Waals surface area contributed by atoms with Crippen molar-refractivity contribution in [2.24, 2.45) is 0 Å². The molecule has 0 heterocycles. The van der Waals surface area contributed by atoms with Crippen LogP contribution in [0, 0.1) is 0 Å². The Morgan fingerprint density at radius 2 is 1.29 bits per heavy atom. The fraction of sp³-hybridized carbons (Fsp3) is 0.684. The zero-order valence-corrected chi connectivity index (χ0v) is 15.9. The predicted molar refractivity (Wildman–Crippen MR) is 102 cm³/mol. The molecule has 1 rings (SSSR count). The van der Waals surface area contributed by atoms with Gasteiger partial charge in [0.05, 0.1) is 0 Å². The van der Waals surface area contributed by atoms with Crippen molar-refractivity contribution >= 4 is 22.7 Å². The number of unbranched alkanes of at least 4 members (excludes halogenated alkanes) is 8. The summed E-state index contributed by atoms with van der Waals surface area (Å²) >= 11 is 0. The molecular weight excluding hydrogens is 322 g/mol. The van der Waals surface area contributed by atoms with Gasteiger partial charge in [0.2, 0.25) is 0 Å². The van der Waals surface area contributed by atoms with E-state index in [0.29, 0.717) is 0 Å². The van der Waals surface area contributed by atoms with Gasteiger partial charge < -0.3 is 4.90 Å². The van der Waals surface area contributed by atoms with Crippen molar-refractivity contribution in [3.63, 3.8) is 0 Å². The van der Waals surface area contributed by atoms with E-state index < -0.39 is 0 Å². The minimum Gasteiger partial charge on any atom is -0.377 e. The van der Waals surface area contributed by atoms with E-state index in [-0.39, 0.29) is 17.0 Å². The molecule has 0 spiro atoms. The van der Waals surface area contributed by atoms with Gasteiger partial charge >= 0.3 is 0 Å². The van der Waals surface area contributed by atoms with Gasteiger partial charge in [-0.25, -0.2) is 0 Å². The standard InChI is InChI=1S/C19H33N.BrH/c1-4-5-6-7-8-9-10-11-12-15-18-16-13-14-17-19(18)20(2)3;/h13-14,16-17H,4-12,15H2,1-3H3;1H. The van der Waals surface area contributed by atoms with E-state index in [4.69, 9.17) is 0 Å². The third kappa shape index (κ3) is 9.18. The molecule has 0 saturated carbocycles. The summed E-state index contributed by atoms with van der Waals surface area (Å²) in [6.07, 6.45) is 13.9. The molecule has 0 saturated heterocycles. The topological polar surface area (TPSA) is 3.24 Å². The summed E-state index contributed by atoms with van der Waals surface area (Å²) in [7, 11) is 4.27. The van der Waals surface area contributed by atoms with Crippen molar-refractivity contribution in [2.45, 2.75) is 71.1 Å². The number of halogens is 1. The summed E-state index contributed by atoms with van der Waals surface area (Å²) in [4.78, 5) is 2.23. The molecule has 0 aromatic heterocycles. The first-order chi connectivity index (χ1) is 9.75. The first kappa shape index (κ1) is 20.5. The fourth-order valence-corrected chi connectivity index (χ4v) is 2.78. The van der Waals surface area contributed by atoms with Crippen molar-refractivity contribution in [2.75, 3.05) is 19.0 Å². The van der Waals surface area contributed by atoms with Crippen LogP contribution in [-0.2, 0) is 6.42 Å². The van der Waals surface area contributed by atoms with Crippen LogP contribution in [0.3, 0.4) is 0 Å². The molecule has 21 heavy (non-hydrogen) atoms. The number of hydrogen-bond acceptors (Lipinski definition) is 1. The summed E-state index contributed by atoms with van der Waals surface area (Å²) in [5.74, 6) is 0. The van der Waals surface area contributed by atoms with Gasteiger partial charge in [-0.3, -0.25) is 0 Å². The molecule has 0 fully saturated rings. The van der Waals surface area contributed by atoms with Crippen LogP contribution in [0.4, 0.5) is 5.69 Å². The molecule has 1 aromatic rings. The van der Waals surface area contributed by atoms with Gasteiger partial charge in [0.25, 0.3) is 0 Å². The van der Waals surface area contributed by atoms with Crippen LogP contribution >= 0.6 is 17.0 Å². The summed E-state index contributed by atoms with van der Waals surface area (Å²) in [6, 6.07) is 8.80. The molecule has 0 aliphatic carbocycles. The molecule has 0 radical (unpaired) electrons. The Bertz CT molecular complexity index is 349. The predicted octanol–water partition coefficient (Wildman–Crippen LogP) is 6.40. The van der Waals surface area contributed by atoms with E-state index in [2.05, 4.69) is 50.2 Å². The third-order valence-electron chi connectivity index (χ3n) is 4.02. The molecule has 0 aliphatic heterocycles. The Morgan fingerprint density at radius 1 is 0.762 bits per heavy atom. The van der Waals surface area contributed by atoms with Crippen molar-refractivity contribution in [1.29, 1.82) is 0 Å². The maximum absolute atomic E-state index is 2.28. The van der Waals surface area contributed by atoms with Crippen molar-refractivity contribution in [3.05, 3.63) is 29.8 Å². The summed E-state index contributed by atoms with van der Waals surface area (Å²) < 4.78 is 0. The minimum atomic E-state index is 0. The van der Waals surface area contributed by atoms with E-state index in [9.17, 15) is 0 Å². The number of hydrogen-bond donors (Lipinski definition) is 0. The molecule has 0 amide bonds. The van der Waals surface area contributed by atoms with Crippen LogP contribution in [0.15, 0.2) is 24.3 Å². The molecular formula is C19H34BrN. The Hall–Kier alpha value is -0.500. The lowest BCUT2D eigenvalue weighted by atomic mass is 10.0. The summed E-state index contributed by atoms with van der Waals surface area (Å²) in [5.41, 5.74) is 2.88. The van der Waals surface area contributed by atoms with Crippen molar-refractivity contribution in [3.8, 4) is 0 Å². The highest BCUT2D eigenvalue weighted by molar-refractivity contribution is 8.93. The summed E-state index contributed by atoms with van der Waals surface area (Å²) in [5, 5.41) is 0. The smallest absolute Gasteiger partial charge is 0.0393 e. The number of aryl methyl sites for hydroxylation is 1. The van der Waals surface area contributed by atoms with Crippen LogP contribution < -0.4 is 4.90 Å². The third-order valence-corrected chi connectivity index (χ3v) is 4.02. The van der Waals surface area contributed by atoms with E-state index in [1.807, 2.05) is 0 Å². The van der Waals surface area contributed by atoms with Gasteiger partial charge in [0, 0.05) is 19.8 Å². The molecule has 0 atom stereocenters. The zero-order valence-electron chi connectivity index (χ0n) is 14.2. The fourth-order valence-electron chi connectivity index (χ4n) is 2.78. The lowest BCUT2D eigenvalue weighted by Gasteiger charge is -2.17. The second-order valence-electron chi connectivity index (χ2n) is 6.10. The Labute approximate surface area is 142 Å². The Kier molecular flexibility index (Phi) is 12.9. The lowest BCUT2D eigenvalue weighted by molar-refractivity contribution is 0.565. The molecule has 1 aromatic carbocycles. The SMILES string of the molecule is Br.CCCCCCCCCCCc1ccccc1N(C)C. The van der Waals surface area contributed by atoms with Crippen molar-refractivity contribution < 1.29 is 0 Å². The van der Waals surface area contributed by atoms with Gasteiger partial charge in [-0.15, -0.1) is 17.0 Å². The van der Waals surface area contributed by atoms with Gasteiger partial charge in [0.15, 0.2) is 0 Å². The lowest BCUT2D eigenvalue weighted by Crippen LogP contribution is -2.11. The van der Waals surface area contributed by atoms with Gasteiger partial charge in [-0.05, 0) is 24.5 Å². The molecule has 1 nitrogen and oxygen atoms in total. The first-order valence-electron chi connectivity index (χ1n) is 8.51. The van der Waals surface area contributed by atoms with Crippen LogP contribution in [0.2, 0.25) is 0 Å². The average molecular weight is 356 g/mol. The van der Waals surface area contributed by atoms with Crippen molar-refractivity contribution in [1.82, 2.24) is 0 Å². The largest absolute Gasteiger partial charge is 0.377 e. The molecule has 122 valence electrons. The number of para-hydroxylation sites is 1. The van der Waals surface area contributed by atoms with E-state index >= 15 is 0 Å². The number of anilines is 1. The maximum atomic E-state index is 2.28. The van der Waals surface area contributed by atoms with Crippen LogP contribution in [-0.4, -0.2) is 14.1 Å². The Balaban J connectivity index is 0.00000400.